The Kier molecular flexibility index (Phi) is 4.88. The summed E-state index contributed by atoms with van der Waals surface area (Å²) >= 11 is 0. The number of alkyl halides is 3. The van der Waals surface area contributed by atoms with Crippen LogP contribution in [0.5, 0.6) is 5.75 Å². The summed E-state index contributed by atoms with van der Waals surface area (Å²) < 4.78 is 40.0. The van der Waals surface area contributed by atoms with Gasteiger partial charge in [-0.05, 0) is 44.1 Å². The highest BCUT2D eigenvalue weighted by Crippen LogP contribution is 2.23. The van der Waals surface area contributed by atoms with E-state index in [1.54, 1.807) is 12.1 Å². The first-order valence-electron chi connectivity index (χ1n) is 6.69. The molecular formula is C14H19F3N2O. The monoisotopic (exact) mass is 288 g/mol. The first-order valence-corrected chi connectivity index (χ1v) is 6.69. The van der Waals surface area contributed by atoms with E-state index >= 15 is 0 Å². The summed E-state index contributed by atoms with van der Waals surface area (Å²) in [6.07, 6.45) is -2.24. The van der Waals surface area contributed by atoms with Crippen molar-refractivity contribution in [2.75, 3.05) is 20.1 Å². The third-order valence-electron chi connectivity index (χ3n) is 3.30. The van der Waals surface area contributed by atoms with Gasteiger partial charge in [0.25, 0.3) is 0 Å². The summed E-state index contributed by atoms with van der Waals surface area (Å²) in [5, 5.41) is 3.42. The highest BCUT2D eigenvalue weighted by molar-refractivity contribution is 5.27. The fraction of sp³-hybridized carbons (Fsp3) is 0.571. The molecule has 0 aliphatic carbocycles. The topological polar surface area (TPSA) is 24.5 Å². The van der Waals surface area contributed by atoms with E-state index in [1.807, 2.05) is 7.05 Å². The molecule has 1 aliphatic rings. The second-order valence-electron chi connectivity index (χ2n) is 5.18. The third-order valence-corrected chi connectivity index (χ3v) is 3.30. The molecule has 112 valence electrons. The first-order chi connectivity index (χ1) is 9.42. The summed E-state index contributed by atoms with van der Waals surface area (Å²) in [5.41, 5.74) is 0.972. The van der Waals surface area contributed by atoms with Crippen molar-refractivity contribution in [1.82, 2.24) is 10.2 Å². The molecule has 1 aliphatic heterocycles. The number of hydrogen-bond donors (Lipinski definition) is 1. The van der Waals surface area contributed by atoms with E-state index < -0.39 is 6.36 Å². The van der Waals surface area contributed by atoms with Gasteiger partial charge in [0.1, 0.15) is 5.75 Å². The summed E-state index contributed by atoms with van der Waals surface area (Å²) in [7, 11) is 2.01. The number of rotatable bonds is 5. The van der Waals surface area contributed by atoms with Crippen LogP contribution in [0.4, 0.5) is 13.2 Å². The fourth-order valence-corrected chi connectivity index (χ4v) is 2.46. The number of ether oxygens (including phenoxy) is 1. The minimum absolute atomic E-state index is 0.179. The lowest BCUT2D eigenvalue weighted by molar-refractivity contribution is -0.274. The Bertz CT molecular complexity index is 413. The van der Waals surface area contributed by atoms with E-state index in [9.17, 15) is 13.2 Å². The molecule has 1 fully saturated rings. The van der Waals surface area contributed by atoms with Crippen LogP contribution in [-0.2, 0) is 6.54 Å². The van der Waals surface area contributed by atoms with Crippen LogP contribution in [0.25, 0.3) is 0 Å². The molecule has 0 radical (unpaired) electrons. The van der Waals surface area contributed by atoms with Crippen molar-refractivity contribution in [2.24, 2.45) is 0 Å². The zero-order chi connectivity index (χ0) is 14.6. The second kappa shape index (κ2) is 6.45. The van der Waals surface area contributed by atoms with E-state index in [1.165, 1.54) is 25.0 Å². The van der Waals surface area contributed by atoms with Crippen LogP contribution in [-0.4, -0.2) is 37.4 Å². The Morgan fingerprint density at radius 3 is 2.55 bits per heavy atom. The van der Waals surface area contributed by atoms with Crippen molar-refractivity contribution in [2.45, 2.75) is 31.8 Å². The lowest BCUT2D eigenvalue weighted by atomic mass is 10.2. The van der Waals surface area contributed by atoms with Crippen molar-refractivity contribution in [3.63, 3.8) is 0 Å². The Balaban J connectivity index is 1.83. The molecule has 3 nitrogen and oxygen atoms in total. The van der Waals surface area contributed by atoms with E-state index in [0.29, 0.717) is 12.6 Å². The fourth-order valence-electron chi connectivity index (χ4n) is 2.46. The maximum Gasteiger partial charge on any atom is 0.573 e. The van der Waals surface area contributed by atoms with Gasteiger partial charge in [0.15, 0.2) is 0 Å². The number of likely N-dealkylation sites (N-methyl/N-ethyl adjacent to an activating group) is 1. The Morgan fingerprint density at radius 1 is 1.30 bits per heavy atom. The van der Waals surface area contributed by atoms with Gasteiger partial charge >= 0.3 is 6.36 Å². The Labute approximate surface area is 116 Å². The summed E-state index contributed by atoms with van der Waals surface area (Å²) in [5.74, 6) is -0.179. The second-order valence-corrected chi connectivity index (χ2v) is 5.18. The van der Waals surface area contributed by atoms with E-state index in [4.69, 9.17) is 0 Å². The van der Waals surface area contributed by atoms with Crippen LogP contribution in [0.2, 0.25) is 0 Å². The minimum atomic E-state index is -4.63. The smallest absolute Gasteiger partial charge is 0.406 e. The number of halogens is 3. The van der Waals surface area contributed by atoms with Crippen molar-refractivity contribution in [3.8, 4) is 5.75 Å². The van der Waals surface area contributed by atoms with Crippen LogP contribution >= 0.6 is 0 Å². The molecule has 1 aromatic rings. The van der Waals surface area contributed by atoms with Crippen LogP contribution in [0.3, 0.4) is 0 Å². The van der Waals surface area contributed by atoms with Crippen LogP contribution in [0, 0.1) is 0 Å². The van der Waals surface area contributed by atoms with Gasteiger partial charge in [0.05, 0.1) is 0 Å². The Morgan fingerprint density at radius 2 is 2.00 bits per heavy atom. The molecule has 0 aromatic heterocycles. The maximum atomic E-state index is 12.0. The molecule has 1 heterocycles. The quantitative estimate of drug-likeness (QED) is 0.901. The van der Waals surface area contributed by atoms with Gasteiger partial charge < -0.3 is 15.0 Å². The van der Waals surface area contributed by atoms with Gasteiger partial charge in [-0.15, -0.1) is 13.2 Å². The largest absolute Gasteiger partial charge is 0.573 e. The molecule has 1 saturated heterocycles. The highest BCUT2D eigenvalue weighted by atomic mass is 19.4. The lowest BCUT2D eigenvalue weighted by Gasteiger charge is -2.21. The molecule has 0 saturated carbocycles. The van der Waals surface area contributed by atoms with E-state index in [-0.39, 0.29) is 5.75 Å². The minimum Gasteiger partial charge on any atom is -0.406 e. The molecule has 20 heavy (non-hydrogen) atoms. The number of benzene rings is 1. The molecule has 1 atom stereocenters. The molecule has 6 heteroatoms. The Hall–Kier alpha value is -1.27. The predicted octanol–water partition coefficient (Wildman–Crippen LogP) is 2.77. The zero-order valence-electron chi connectivity index (χ0n) is 11.4. The van der Waals surface area contributed by atoms with Gasteiger partial charge in [-0.1, -0.05) is 12.1 Å². The zero-order valence-corrected chi connectivity index (χ0v) is 11.4. The van der Waals surface area contributed by atoms with Gasteiger partial charge in [-0.2, -0.15) is 0 Å². The molecule has 0 bridgehead atoms. The van der Waals surface area contributed by atoms with Crippen LogP contribution in [0.15, 0.2) is 24.3 Å². The van der Waals surface area contributed by atoms with Crippen molar-refractivity contribution in [3.05, 3.63) is 29.8 Å². The van der Waals surface area contributed by atoms with Crippen molar-refractivity contribution in [1.29, 1.82) is 0 Å². The summed E-state index contributed by atoms with van der Waals surface area (Å²) in [4.78, 5) is 2.17. The van der Waals surface area contributed by atoms with Gasteiger partial charge in [-0.3, -0.25) is 0 Å². The molecule has 0 amide bonds. The van der Waals surface area contributed by atoms with Crippen LogP contribution < -0.4 is 10.1 Å². The summed E-state index contributed by atoms with van der Waals surface area (Å²) in [6, 6.07) is 6.56. The van der Waals surface area contributed by atoms with Gasteiger partial charge in [0.2, 0.25) is 0 Å². The maximum absolute atomic E-state index is 12.0. The van der Waals surface area contributed by atoms with E-state index in [2.05, 4.69) is 15.0 Å². The normalized spacial score (nSPS) is 19.6. The van der Waals surface area contributed by atoms with Crippen molar-refractivity contribution < 1.29 is 17.9 Å². The van der Waals surface area contributed by atoms with Gasteiger partial charge in [-0.25, -0.2) is 0 Å². The highest BCUT2D eigenvalue weighted by Gasteiger charge is 2.30. The molecular weight excluding hydrogens is 269 g/mol. The molecule has 1 N–H and O–H groups in total. The SMILES string of the molecule is CN(Cc1ccc(OC(F)(F)F)cc1)CC1CCCN1. The van der Waals surface area contributed by atoms with Crippen molar-refractivity contribution >= 4 is 0 Å². The standard InChI is InChI=1S/C14H19F3N2O/c1-19(10-12-3-2-8-18-12)9-11-4-6-13(7-5-11)20-14(15,16)17/h4-7,12,18H,2-3,8-10H2,1H3. The van der Waals surface area contributed by atoms with Gasteiger partial charge in [0, 0.05) is 19.1 Å². The molecule has 2 rings (SSSR count). The third kappa shape index (κ3) is 5.02. The molecule has 0 spiro atoms. The summed E-state index contributed by atoms with van der Waals surface area (Å²) in [6.45, 7) is 2.73. The number of hydrogen-bond acceptors (Lipinski definition) is 3. The number of nitrogens with zero attached hydrogens (tertiary/aromatic N) is 1. The average molecular weight is 288 g/mol. The molecule has 1 aromatic carbocycles. The number of nitrogens with one attached hydrogen (secondary N) is 1. The average Bonchev–Trinajstić information content (AvgIpc) is 2.82. The van der Waals surface area contributed by atoms with Crippen LogP contribution in [0.1, 0.15) is 18.4 Å². The lowest BCUT2D eigenvalue weighted by Crippen LogP contribution is -2.34. The van der Waals surface area contributed by atoms with E-state index in [0.717, 1.165) is 18.7 Å². The molecule has 1 unspecified atom stereocenters. The predicted molar refractivity (Wildman–Crippen MR) is 70.5 cm³/mol. The first kappa shape index (κ1) is 15.1.